The summed E-state index contributed by atoms with van der Waals surface area (Å²) in [5.74, 6) is 0. The molecule has 98 valence electrons. The van der Waals surface area contributed by atoms with Gasteiger partial charge in [-0.3, -0.25) is 0 Å². The monoisotopic (exact) mass is 273 g/mol. The van der Waals surface area contributed by atoms with Gasteiger partial charge in [0.1, 0.15) is 5.52 Å². The third kappa shape index (κ3) is 2.56. The minimum atomic E-state index is 0.257. The number of rotatable bonds is 4. The van der Waals surface area contributed by atoms with Crippen molar-refractivity contribution in [1.29, 1.82) is 0 Å². The first-order chi connectivity index (χ1) is 9.22. The second kappa shape index (κ2) is 4.93. The molecule has 3 rings (SSSR count). The number of thiophene rings is 1. The van der Waals surface area contributed by atoms with Gasteiger partial charge in [-0.1, -0.05) is 12.1 Å². The average Bonchev–Trinajstić information content (AvgIpc) is 2.98. The Morgan fingerprint density at radius 1 is 1.37 bits per heavy atom. The Labute approximate surface area is 115 Å². The number of aromatic nitrogens is 1. The van der Waals surface area contributed by atoms with E-state index in [1.54, 1.807) is 11.3 Å². The number of nitrogen functional groups attached to an aromatic ring is 1. The minimum Gasteiger partial charge on any atom is -0.423 e. The lowest BCUT2D eigenvalue weighted by Gasteiger charge is -2.10. The van der Waals surface area contributed by atoms with Crippen LogP contribution in [0.25, 0.3) is 11.1 Å². The predicted octanol–water partition coefficient (Wildman–Crippen LogP) is 3.51. The van der Waals surface area contributed by atoms with Crippen LogP contribution in [0.2, 0.25) is 0 Å². The molecule has 0 amide bonds. The normalized spacial score (nSPS) is 12.7. The molecule has 2 heterocycles. The molecule has 3 N–H and O–H groups in total. The highest BCUT2D eigenvalue weighted by atomic mass is 32.1. The van der Waals surface area contributed by atoms with Crippen LogP contribution < -0.4 is 11.1 Å². The molecule has 19 heavy (non-hydrogen) atoms. The number of hydrogen-bond acceptors (Lipinski definition) is 5. The first kappa shape index (κ1) is 12.0. The molecule has 0 aliphatic rings. The van der Waals surface area contributed by atoms with E-state index in [0.717, 1.165) is 6.42 Å². The standard InChI is InChI=1S/C14H15N3OS/c1-9(8-10-4-3-7-19-10)16-14-17-13-11(15)5-2-6-12(13)18-14/h2-7,9H,8,15H2,1H3,(H,16,17). The number of para-hydroxylation sites is 1. The van der Waals surface area contributed by atoms with E-state index in [1.165, 1.54) is 4.88 Å². The zero-order chi connectivity index (χ0) is 13.2. The summed E-state index contributed by atoms with van der Waals surface area (Å²) >= 11 is 1.76. The second-order valence-corrected chi connectivity index (χ2v) is 5.57. The Balaban J connectivity index is 1.76. The van der Waals surface area contributed by atoms with Gasteiger partial charge in [-0.15, -0.1) is 11.3 Å². The maximum Gasteiger partial charge on any atom is 0.295 e. The van der Waals surface area contributed by atoms with Gasteiger partial charge >= 0.3 is 0 Å². The molecule has 1 aromatic carbocycles. The van der Waals surface area contributed by atoms with Crippen LogP contribution in [0.5, 0.6) is 0 Å². The summed E-state index contributed by atoms with van der Waals surface area (Å²) < 4.78 is 5.64. The molecule has 3 aromatic rings. The lowest BCUT2D eigenvalue weighted by molar-refractivity contribution is 0.599. The van der Waals surface area contributed by atoms with Gasteiger partial charge in [0.2, 0.25) is 0 Å². The maximum absolute atomic E-state index is 5.86. The molecular weight excluding hydrogens is 258 g/mol. The second-order valence-electron chi connectivity index (χ2n) is 4.54. The number of hydrogen-bond donors (Lipinski definition) is 2. The summed E-state index contributed by atoms with van der Waals surface area (Å²) in [4.78, 5) is 5.73. The fourth-order valence-corrected chi connectivity index (χ4v) is 2.86. The highest BCUT2D eigenvalue weighted by Crippen LogP contribution is 2.24. The number of benzene rings is 1. The van der Waals surface area contributed by atoms with E-state index in [9.17, 15) is 0 Å². The quantitative estimate of drug-likeness (QED) is 0.714. The Kier molecular flexibility index (Phi) is 3.13. The first-order valence-electron chi connectivity index (χ1n) is 6.16. The lowest BCUT2D eigenvalue weighted by atomic mass is 10.2. The summed E-state index contributed by atoms with van der Waals surface area (Å²) in [7, 11) is 0. The average molecular weight is 273 g/mol. The van der Waals surface area contributed by atoms with Crippen molar-refractivity contribution in [2.24, 2.45) is 0 Å². The molecular formula is C14H15N3OS. The molecule has 0 saturated carbocycles. The number of fused-ring (bicyclic) bond motifs is 1. The van der Waals surface area contributed by atoms with Crippen LogP contribution in [0.3, 0.4) is 0 Å². The zero-order valence-corrected chi connectivity index (χ0v) is 11.4. The molecule has 5 heteroatoms. The topological polar surface area (TPSA) is 64.1 Å². The number of oxazole rings is 1. The van der Waals surface area contributed by atoms with Crippen molar-refractivity contribution in [2.75, 3.05) is 11.1 Å². The van der Waals surface area contributed by atoms with E-state index in [4.69, 9.17) is 10.2 Å². The summed E-state index contributed by atoms with van der Waals surface area (Å²) in [6.07, 6.45) is 0.950. The molecule has 1 unspecified atom stereocenters. The Hall–Kier alpha value is -2.01. The Morgan fingerprint density at radius 2 is 2.26 bits per heavy atom. The summed E-state index contributed by atoms with van der Waals surface area (Å²) in [6.45, 7) is 2.11. The highest BCUT2D eigenvalue weighted by Gasteiger charge is 2.11. The zero-order valence-electron chi connectivity index (χ0n) is 10.6. The van der Waals surface area contributed by atoms with Crippen molar-refractivity contribution in [3.8, 4) is 0 Å². The first-order valence-corrected chi connectivity index (χ1v) is 7.04. The molecule has 0 saturated heterocycles. The van der Waals surface area contributed by atoms with Crippen molar-refractivity contribution < 1.29 is 4.42 Å². The van der Waals surface area contributed by atoms with Crippen LogP contribution in [0.4, 0.5) is 11.7 Å². The van der Waals surface area contributed by atoms with Crippen LogP contribution in [-0.2, 0) is 6.42 Å². The minimum absolute atomic E-state index is 0.257. The van der Waals surface area contributed by atoms with Crippen molar-refractivity contribution in [2.45, 2.75) is 19.4 Å². The largest absolute Gasteiger partial charge is 0.423 e. The van der Waals surface area contributed by atoms with Crippen LogP contribution in [-0.4, -0.2) is 11.0 Å². The number of nitrogens with zero attached hydrogens (tertiary/aromatic N) is 1. The molecule has 2 aromatic heterocycles. The van der Waals surface area contributed by atoms with Gasteiger partial charge in [0.05, 0.1) is 5.69 Å². The van der Waals surface area contributed by atoms with Gasteiger partial charge in [-0.2, -0.15) is 4.98 Å². The van der Waals surface area contributed by atoms with Crippen LogP contribution in [0.15, 0.2) is 40.1 Å². The fraction of sp³-hybridized carbons (Fsp3) is 0.214. The third-order valence-corrected chi connectivity index (χ3v) is 3.81. The molecule has 0 spiro atoms. The van der Waals surface area contributed by atoms with Gasteiger partial charge in [-0.05, 0) is 30.5 Å². The summed E-state index contributed by atoms with van der Waals surface area (Å²) in [6, 6.07) is 10.5. The summed E-state index contributed by atoms with van der Waals surface area (Å²) in [5, 5.41) is 5.36. The Bertz CT molecular complexity index is 675. The van der Waals surface area contributed by atoms with Gasteiger partial charge < -0.3 is 15.5 Å². The van der Waals surface area contributed by atoms with Crippen molar-refractivity contribution in [1.82, 2.24) is 4.98 Å². The number of anilines is 2. The predicted molar refractivity (Wildman–Crippen MR) is 79.5 cm³/mol. The van der Waals surface area contributed by atoms with Gasteiger partial charge in [0.15, 0.2) is 5.58 Å². The lowest BCUT2D eigenvalue weighted by Crippen LogP contribution is -2.17. The van der Waals surface area contributed by atoms with E-state index >= 15 is 0 Å². The smallest absolute Gasteiger partial charge is 0.295 e. The molecule has 4 nitrogen and oxygen atoms in total. The third-order valence-electron chi connectivity index (χ3n) is 2.91. The SMILES string of the molecule is CC(Cc1cccs1)Nc1nc2c(N)cccc2o1. The van der Waals surface area contributed by atoms with Gasteiger partial charge in [-0.25, -0.2) is 0 Å². The molecule has 0 aliphatic heterocycles. The molecule has 0 fully saturated rings. The van der Waals surface area contributed by atoms with E-state index in [2.05, 4.69) is 34.7 Å². The van der Waals surface area contributed by atoms with Crippen LogP contribution >= 0.6 is 11.3 Å². The summed E-state index contributed by atoms with van der Waals surface area (Å²) in [5.41, 5.74) is 7.93. The van der Waals surface area contributed by atoms with Crippen molar-refractivity contribution in [3.63, 3.8) is 0 Å². The Morgan fingerprint density at radius 3 is 3.00 bits per heavy atom. The molecule has 0 aliphatic carbocycles. The molecule has 0 bridgehead atoms. The van der Waals surface area contributed by atoms with E-state index in [0.29, 0.717) is 22.8 Å². The van der Waals surface area contributed by atoms with E-state index in [-0.39, 0.29) is 6.04 Å². The number of nitrogens with two attached hydrogens (primary N) is 1. The number of nitrogens with one attached hydrogen (secondary N) is 1. The fourth-order valence-electron chi connectivity index (χ4n) is 2.02. The van der Waals surface area contributed by atoms with Gasteiger partial charge in [0, 0.05) is 17.3 Å². The van der Waals surface area contributed by atoms with E-state index in [1.807, 2.05) is 18.2 Å². The maximum atomic E-state index is 5.86. The van der Waals surface area contributed by atoms with Crippen molar-refractivity contribution >= 4 is 34.1 Å². The van der Waals surface area contributed by atoms with Crippen LogP contribution in [0, 0.1) is 0 Å². The van der Waals surface area contributed by atoms with Crippen LogP contribution in [0.1, 0.15) is 11.8 Å². The molecule has 1 atom stereocenters. The highest BCUT2D eigenvalue weighted by molar-refractivity contribution is 7.09. The molecule has 0 radical (unpaired) electrons. The van der Waals surface area contributed by atoms with E-state index < -0.39 is 0 Å². The van der Waals surface area contributed by atoms with Gasteiger partial charge in [0.25, 0.3) is 6.01 Å². The van der Waals surface area contributed by atoms with Crippen molar-refractivity contribution in [3.05, 3.63) is 40.6 Å².